The third-order valence-electron chi connectivity index (χ3n) is 7.90. The summed E-state index contributed by atoms with van der Waals surface area (Å²) in [6, 6.07) is 0. The normalized spacial score (nSPS) is 24.0. The van der Waals surface area contributed by atoms with Crippen LogP contribution in [0.15, 0.2) is 0 Å². The molecule has 0 heterocycles. The topological polar surface area (TPSA) is 66.8 Å². The van der Waals surface area contributed by atoms with E-state index in [4.69, 9.17) is 4.52 Å². The Morgan fingerprint density at radius 1 is 0.788 bits per heavy atom. The Morgan fingerprint density at radius 2 is 1.21 bits per heavy atom. The molecule has 0 aromatic carbocycles. The molecule has 0 bridgehead atoms. The number of unbranched alkanes of at least 4 members (excludes halogenated alkanes) is 15. The van der Waals surface area contributed by atoms with Crippen LogP contribution in [0.5, 0.6) is 0 Å². The van der Waals surface area contributed by atoms with Crippen LogP contribution < -0.4 is 0 Å². The van der Waals surface area contributed by atoms with Crippen LogP contribution in [0.4, 0.5) is 0 Å². The molecule has 1 fully saturated rings. The van der Waals surface area contributed by atoms with Crippen LogP contribution in [0, 0.1) is 17.8 Å². The van der Waals surface area contributed by atoms with E-state index in [1.54, 1.807) is 0 Å². The molecule has 3 unspecified atom stereocenters. The second kappa shape index (κ2) is 17.5. The fourth-order valence-electron chi connectivity index (χ4n) is 6.16. The lowest BCUT2D eigenvalue weighted by atomic mass is 9.65. The highest BCUT2D eigenvalue weighted by molar-refractivity contribution is 7.46. The molecule has 0 aromatic heterocycles. The quantitative estimate of drug-likeness (QED) is 0.132. The van der Waals surface area contributed by atoms with Crippen molar-refractivity contribution in [3.8, 4) is 0 Å². The van der Waals surface area contributed by atoms with Crippen molar-refractivity contribution in [1.29, 1.82) is 0 Å². The number of hydrogen-bond acceptors (Lipinski definition) is 2. The number of phosphoric acid groups is 1. The maximum Gasteiger partial charge on any atom is 0.470 e. The molecule has 198 valence electrons. The van der Waals surface area contributed by atoms with Gasteiger partial charge in [-0.2, -0.15) is 0 Å². The van der Waals surface area contributed by atoms with Crippen molar-refractivity contribution in [3.63, 3.8) is 0 Å². The molecule has 0 aromatic rings. The molecule has 1 rings (SSSR count). The Balaban J connectivity index is 2.17. The third-order valence-corrected chi connectivity index (χ3v) is 8.50. The molecule has 0 radical (unpaired) electrons. The molecule has 33 heavy (non-hydrogen) atoms. The van der Waals surface area contributed by atoms with Gasteiger partial charge in [-0.1, -0.05) is 137 Å². The van der Waals surface area contributed by atoms with Crippen molar-refractivity contribution < 1.29 is 18.9 Å². The molecule has 1 saturated carbocycles. The van der Waals surface area contributed by atoms with E-state index in [1.807, 2.05) is 0 Å². The second-order valence-electron chi connectivity index (χ2n) is 11.4. The van der Waals surface area contributed by atoms with Crippen LogP contribution in [-0.4, -0.2) is 15.4 Å². The van der Waals surface area contributed by atoms with E-state index in [1.165, 1.54) is 89.9 Å². The van der Waals surface area contributed by atoms with Gasteiger partial charge in [-0.3, -0.25) is 4.52 Å². The molecule has 1 aliphatic rings. The highest BCUT2D eigenvalue weighted by Crippen LogP contribution is 2.54. The summed E-state index contributed by atoms with van der Waals surface area (Å²) in [5, 5.41) is 0. The largest absolute Gasteiger partial charge is 0.470 e. The molecule has 4 nitrogen and oxygen atoms in total. The molecule has 5 heteroatoms. The average molecular weight is 489 g/mol. The fraction of sp³-hybridized carbons (Fsp3) is 1.00. The van der Waals surface area contributed by atoms with Gasteiger partial charge in [0.25, 0.3) is 0 Å². The van der Waals surface area contributed by atoms with Gasteiger partial charge < -0.3 is 9.79 Å². The first-order valence-corrected chi connectivity index (χ1v) is 16.0. The van der Waals surface area contributed by atoms with Crippen molar-refractivity contribution in [3.05, 3.63) is 0 Å². The summed E-state index contributed by atoms with van der Waals surface area (Å²) >= 11 is 0. The van der Waals surface area contributed by atoms with E-state index >= 15 is 0 Å². The fourth-order valence-corrected chi connectivity index (χ4v) is 6.93. The molecule has 0 saturated heterocycles. The highest BCUT2D eigenvalue weighted by atomic mass is 31.2. The van der Waals surface area contributed by atoms with Crippen LogP contribution in [-0.2, 0) is 9.09 Å². The van der Waals surface area contributed by atoms with Gasteiger partial charge >= 0.3 is 7.82 Å². The molecule has 0 aliphatic heterocycles. The smallest absolute Gasteiger partial charge is 0.303 e. The SMILES string of the molecule is CCCCCCCCCCCCCCCCCCC1(OP(=O)(O)O)CC(C)CCC1C(C)C. The highest BCUT2D eigenvalue weighted by Gasteiger charge is 2.48. The van der Waals surface area contributed by atoms with Crippen molar-refractivity contribution in [1.82, 2.24) is 0 Å². The predicted octanol–water partition coefficient (Wildman–Crippen LogP) is 9.58. The molecule has 3 atom stereocenters. The van der Waals surface area contributed by atoms with Crippen molar-refractivity contribution in [2.75, 3.05) is 0 Å². The zero-order chi connectivity index (χ0) is 24.6. The van der Waals surface area contributed by atoms with E-state index in [9.17, 15) is 14.4 Å². The summed E-state index contributed by atoms with van der Waals surface area (Å²) in [5.74, 6) is 1.08. The van der Waals surface area contributed by atoms with Gasteiger partial charge in [0.1, 0.15) is 0 Å². The monoisotopic (exact) mass is 488 g/mol. The van der Waals surface area contributed by atoms with Gasteiger partial charge in [0, 0.05) is 0 Å². The van der Waals surface area contributed by atoms with Gasteiger partial charge in [-0.15, -0.1) is 0 Å². The van der Waals surface area contributed by atoms with Gasteiger partial charge in [0.05, 0.1) is 5.60 Å². The lowest BCUT2D eigenvalue weighted by Crippen LogP contribution is -2.47. The minimum absolute atomic E-state index is 0.234. The van der Waals surface area contributed by atoms with E-state index in [-0.39, 0.29) is 5.92 Å². The summed E-state index contributed by atoms with van der Waals surface area (Å²) < 4.78 is 17.4. The van der Waals surface area contributed by atoms with Crippen LogP contribution in [0.1, 0.15) is 156 Å². The van der Waals surface area contributed by atoms with Gasteiger partial charge in [0.15, 0.2) is 0 Å². The van der Waals surface area contributed by atoms with Crippen LogP contribution in [0.2, 0.25) is 0 Å². The van der Waals surface area contributed by atoms with Crippen LogP contribution in [0.3, 0.4) is 0 Å². The Labute approximate surface area is 206 Å². The minimum atomic E-state index is -4.49. The Hall–Kier alpha value is 0.110. The Kier molecular flexibility index (Phi) is 16.5. The van der Waals surface area contributed by atoms with Gasteiger partial charge in [-0.05, 0) is 37.0 Å². The maximum absolute atomic E-state index is 11.8. The second-order valence-corrected chi connectivity index (χ2v) is 12.6. The minimum Gasteiger partial charge on any atom is -0.303 e. The standard InChI is InChI=1S/C28H57O4P/c1-5-6-7-8-9-10-11-12-13-14-15-16-17-18-19-20-23-28(32-33(29,30)31)24-26(4)21-22-27(28)25(2)3/h25-27H,5-24H2,1-4H3,(H2,29,30,31). The van der Waals surface area contributed by atoms with Gasteiger partial charge in [-0.25, -0.2) is 4.57 Å². The van der Waals surface area contributed by atoms with Crippen LogP contribution >= 0.6 is 7.82 Å². The zero-order valence-electron chi connectivity index (χ0n) is 22.5. The molecular weight excluding hydrogens is 431 g/mol. The number of phosphoric ester groups is 1. The third kappa shape index (κ3) is 14.3. The Bertz CT molecular complexity index is 518. The van der Waals surface area contributed by atoms with E-state index in [2.05, 4.69) is 27.7 Å². The maximum atomic E-state index is 11.8. The lowest BCUT2D eigenvalue weighted by Gasteiger charge is -2.48. The summed E-state index contributed by atoms with van der Waals surface area (Å²) in [6.45, 7) is 8.82. The molecule has 0 amide bonds. The predicted molar refractivity (Wildman–Crippen MR) is 141 cm³/mol. The first-order valence-electron chi connectivity index (χ1n) is 14.5. The van der Waals surface area contributed by atoms with E-state index in [0.29, 0.717) is 11.8 Å². The summed E-state index contributed by atoms with van der Waals surface area (Å²) in [7, 11) is -4.49. The van der Waals surface area contributed by atoms with E-state index < -0.39 is 13.4 Å². The van der Waals surface area contributed by atoms with E-state index in [0.717, 1.165) is 38.5 Å². The summed E-state index contributed by atoms with van der Waals surface area (Å²) in [4.78, 5) is 19.3. The summed E-state index contributed by atoms with van der Waals surface area (Å²) in [5.41, 5.74) is -0.652. The van der Waals surface area contributed by atoms with Crippen molar-refractivity contribution >= 4 is 7.82 Å². The lowest BCUT2D eigenvalue weighted by molar-refractivity contribution is -0.0806. The molecule has 1 aliphatic carbocycles. The molecule has 2 N–H and O–H groups in total. The molecule has 0 spiro atoms. The zero-order valence-corrected chi connectivity index (χ0v) is 23.4. The van der Waals surface area contributed by atoms with Crippen LogP contribution in [0.25, 0.3) is 0 Å². The average Bonchev–Trinajstić information content (AvgIpc) is 2.72. The first-order chi connectivity index (χ1) is 15.7. The molecular formula is C28H57O4P. The number of hydrogen-bond donors (Lipinski definition) is 2. The van der Waals surface area contributed by atoms with Gasteiger partial charge in [0.2, 0.25) is 0 Å². The Morgan fingerprint density at radius 3 is 1.61 bits per heavy atom. The summed E-state index contributed by atoms with van der Waals surface area (Å²) in [6.07, 6.45) is 25.1. The number of rotatable bonds is 20. The first kappa shape index (κ1) is 31.1. The van der Waals surface area contributed by atoms with Crippen molar-refractivity contribution in [2.45, 2.75) is 162 Å². The van der Waals surface area contributed by atoms with Crippen molar-refractivity contribution in [2.24, 2.45) is 17.8 Å².